The van der Waals surface area contributed by atoms with Crippen molar-refractivity contribution < 1.29 is 17.9 Å². The van der Waals surface area contributed by atoms with Gasteiger partial charge in [0.2, 0.25) is 0 Å². The van der Waals surface area contributed by atoms with Crippen molar-refractivity contribution >= 4 is 15.9 Å². The SMILES string of the molecule is CC(C)(C)OC(=O)N1CCC[C@H](c2ncncc2S(C)(=O)=O)C1. The molecule has 2 rings (SSSR count). The van der Waals surface area contributed by atoms with Gasteiger partial charge in [0.05, 0.1) is 5.69 Å². The maximum Gasteiger partial charge on any atom is 0.410 e. The van der Waals surface area contributed by atoms with Gasteiger partial charge in [-0.3, -0.25) is 0 Å². The van der Waals surface area contributed by atoms with Crippen molar-refractivity contribution in [1.82, 2.24) is 14.9 Å². The van der Waals surface area contributed by atoms with Crippen molar-refractivity contribution in [2.24, 2.45) is 0 Å². The summed E-state index contributed by atoms with van der Waals surface area (Å²) in [4.78, 5) is 22.0. The van der Waals surface area contributed by atoms with E-state index in [0.29, 0.717) is 18.8 Å². The van der Waals surface area contributed by atoms with E-state index in [1.807, 2.05) is 20.8 Å². The van der Waals surface area contributed by atoms with Crippen LogP contribution in [0.1, 0.15) is 45.2 Å². The fourth-order valence-corrected chi connectivity index (χ4v) is 3.46. The van der Waals surface area contributed by atoms with Gasteiger partial charge in [-0.1, -0.05) is 0 Å². The van der Waals surface area contributed by atoms with Crippen LogP contribution in [0.15, 0.2) is 17.4 Å². The maximum absolute atomic E-state index is 12.2. The first-order chi connectivity index (χ1) is 10.6. The van der Waals surface area contributed by atoms with E-state index in [9.17, 15) is 13.2 Å². The molecule has 0 radical (unpaired) electrons. The third-order valence-corrected chi connectivity index (χ3v) is 4.68. The van der Waals surface area contributed by atoms with Gasteiger partial charge >= 0.3 is 6.09 Å². The van der Waals surface area contributed by atoms with Crippen LogP contribution in [0.2, 0.25) is 0 Å². The smallest absolute Gasteiger partial charge is 0.410 e. The van der Waals surface area contributed by atoms with Crippen molar-refractivity contribution in [1.29, 1.82) is 0 Å². The summed E-state index contributed by atoms with van der Waals surface area (Å²) in [5, 5.41) is 0. The average molecular weight is 341 g/mol. The molecule has 8 heteroatoms. The highest BCUT2D eigenvalue weighted by molar-refractivity contribution is 7.90. The van der Waals surface area contributed by atoms with E-state index >= 15 is 0 Å². The lowest BCUT2D eigenvalue weighted by Crippen LogP contribution is -2.42. The van der Waals surface area contributed by atoms with E-state index in [4.69, 9.17) is 4.74 Å². The standard InChI is InChI=1S/C15H23N3O4S/c1-15(2,3)22-14(19)18-7-5-6-11(9-18)13-12(23(4,20)21)8-16-10-17-13/h8,10-11H,5-7,9H2,1-4H3/t11-/m0/s1. The molecular formula is C15H23N3O4S. The highest BCUT2D eigenvalue weighted by Crippen LogP contribution is 2.30. The second-order valence-electron chi connectivity index (χ2n) is 6.81. The molecule has 1 aromatic rings. The van der Waals surface area contributed by atoms with Crippen LogP contribution in [0.3, 0.4) is 0 Å². The van der Waals surface area contributed by atoms with Gasteiger partial charge in [0.1, 0.15) is 16.8 Å². The number of aromatic nitrogens is 2. The normalized spacial score (nSPS) is 19.5. The molecule has 0 bridgehead atoms. The molecule has 1 atom stereocenters. The molecule has 0 aromatic carbocycles. The largest absolute Gasteiger partial charge is 0.444 e. The number of ether oxygens (including phenoxy) is 1. The number of hydrogen-bond acceptors (Lipinski definition) is 6. The minimum Gasteiger partial charge on any atom is -0.444 e. The zero-order valence-electron chi connectivity index (χ0n) is 13.9. The number of carbonyl (C=O) groups is 1. The Balaban J connectivity index is 2.21. The highest BCUT2D eigenvalue weighted by Gasteiger charge is 2.31. The zero-order valence-corrected chi connectivity index (χ0v) is 14.8. The summed E-state index contributed by atoms with van der Waals surface area (Å²) >= 11 is 0. The van der Waals surface area contributed by atoms with E-state index in [1.54, 1.807) is 4.90 Å². The first-order valence-electron chi connectivity index (χ1n) is 7.56. The number of hydrogen-bond donors (Lipinski definition) is 0. The number of nitrogens with zero attached hydrogens (tertiary/aromatic N) is 3. The van der Waals surface area contributed by atoms with Gasteiger partial charge < -0.3 is 9.64 Å². The molecular weight excluding hydrogens is 318 g/mol. The lowest BCUT2D eigenvalue weighted by Gasteiger charge is -2.34. The predicted octanol–water partition coefficient (Wildman–Crippen LogP) is 1.99. The van der Waals surface area contributed by atoms with Gasteiger partial charge in [0.25, 0.3) is 0 Å². The monoisotopic (exact) mass is 341 g/mol. The van der Waals surface area contributed by atoms with Gasteiger partial charge in [0, 0.05) is 31.5 Å². The summed E-state index contributed by atoms with van der Waals surface area (Å²) in [6.07, 6.45) is 4.98. The third kappa shape index (κ3) is 4.63. The summed E-state index contributed by atoms with van der Waals surface area (Å²) in [6, 6.07) is 0. The number of sulfone groups is 1. The van der Waals surface area contributed by atoms with Crippen LogP contribution in [0.4, 0.5) is 4.79 Å². The number of piperidine rings is 1. The lowest BCUT2D eigenvalue weighted by atomic mass is 9.95. The molecule has 2 heterocycles. The zero-order chi connectivity index (χ0) is 17.3. The van der Waals surface area contributed by atoms with Crippen LogP contribution < -0.4 is 0 Å². The fraction of sp³-hybridized carbons (Fsp3) is 0.667. The van der Waals surface area contributed by atoms with E-state index < -0.39 is 15.4 Å². The number of rotatable bonds is 2. The van der Waals surface area contributed by atoms with E-state index in [-0.39, 0.29) is 16.9 Å². The summed E-state index contributed by atoms with van der Waals surface area (Å²) in [6.45, 7) is 6.45. The van der Waals surface area contributed by atoms with Crippen LogP contribution in [0.25, 0.3) is 0 Å². The van der Waals surface area contributed by atoms with Crippen LogP contribution in [0, 0.1) is 0 Å². The Labute approximate surface area is 137 Å². The van der Waals surface area contributed by atoms with Gasteiger partial charge in [-0.25, -0.2) is 23.2 Å². The average Bonchev–Trinajstić information content (AvgIpc) is 2.45. The second-order valence-corrected chi connectivity index (χ2v) is 8.79. The molecule has 0 spiro atoms. The first kappa shape index (κ1) is 17.7. The predicted molar refractivity (Wildman–Crippen MR) is 84.9 cm³/mol. The number of amides is 1. The Morgan fingerprint density at radius 2 is 2.09 bits per heavy atom. The second kappa shape index (κ2) is 6.43. The van der Waals surface area contributed by atoms with Crippen molar-refractivity contribution in [3.63, 3.8) is 0 Å². The Hall–Kier alpha value is -1.70. The van der Waals surface area contributed by atoms with Crippen molar-refractivity contribution in [3.8, 4) is 0 Å². The van der Waals surface area contributed by atoms with E-state index in [1.165, 1.54) is 12.5 Å². The van der Waals surface area contributed by atoms with Crippen molar-refractivity contribution in [2.45, 2.75) is 50.0 Å². The Kier molecular flexibility index (Phi) is 4.93. The molecule has 1 aliphatic heterocycles. The van der Waals surface area contributed by atoms with E-state index in [0.717, 1.165) is 19.1 Å². The molecule has 0 unspecified atom stereocenters. The maximum atomic E-state index is 12.2. The highest BCUT2D eigenvalue weighted by atomic mass is 32.2. The molecule has 0 aliphatic carbocycles. The van der Waals surface area contributed by atoms with Crippen LogP contribution in [-0.2, 0) is 14.6 Å². The van der Waals surface area contributed by atoms with Crippen LogP contribution in [0.5, 0.6) is 0 Å². The molecule has 0 saturated carbocycles. The molecule has 23 heavy (non-hydrogen) atoms. The van der Waals surface area contributed by atoms with Crippen molar-refractivity contribution in [2.75, 3.05) is 19.3 Å². The fourth-order valence-electron chi connectivity index (χ4n) is 2.61. The Morgan fingerprint density at radius 1 is 1.39 bits per heavy atom. The topological polar surface area (TPSA) is 89.5 Å². The molecule has 0 N–H and O–H groups in total. The summed E-state index contributed by atoms with van der Waals surface area (Å²) in [7, 11) is -3.41. The Morgan fingerprint density at radius 3 is 2.70 bits per heavy atom. The molecule has 7 nitrogen and oxygen atoms in total. The first-order valence-corrected chi connectivity index (χ1v) is 9.45. The summed E-state index contributed by atoms with van der Waals surface area (Å²) < 4.78 is 29.2. The van der Waals surface area contributed by atoms with Crippen molar-refractivity contribution in [3.05, 3.63) is 18.2 Å². The van der Waals surface area contributed by atoms with Gasteiger partial charge in [0.15, 0.2) is 9.84 Å². The number of likely N-dealkylation sites (tertiary alicyclic amines) is 1. The summed E-state index contributed by atoms with van der Waals surface area (Å²) in [5.41, 5.74) is -0.0765. The molecule has 1 aliphatic rings. The molecule has 1 fully saturated rings. The third-order valence-electron chi connectivity index (χ3n) is 3.57. The van der Waals surface area contributed by atoms with Crippen LogP contribution in [-0.4, -0.2) is 54.3 Å². The minimum absolute atomic E-state index is 0.135. The van der Waals surface area contributed by atoms with Gasteiger partial charge in [-0.2, -0.15) is 0 Å². The quantitative estimate of drug-likeness (QED) is 0.817. The molecule has 1 saturated heterocycles. The van der Waals surface area contributed by atoms with Crippen LogP contribution >= 0.6 is 0 Å². The molecule has 128 valence electrons. The van der Waals surface area contributed by atoms with E-state index in [2.05, 4.69) is 9.97 Å². The lowest BCUT2D eigenvalue weighted by molar-refractivity contribution is 0.0196. The minimum atomic E-state index is -3.41. The number of carbonyl (C=O) groups excluding carboxylic acids is 1. The molecule has 1 aromatic heterocycles. The van der Waals surface area contributed by atoms with Gasteiger partial charge in [-0.05, 0) is 33.6 Å². The Bertz CT molecular complexity index is 682. The molecule has 1 amide bonds. The van der Waals surface area contributed by atoms with Gasteiger partial charge in [-0.15, -0.1) is 0 Å². The summed E-state index contributed by atoms with van der Waals surface area (Å²) in [5.74, 6) is -0.135.